The fourth-order valence-electron chi connectivity index (χ4n) is 3.23. The highest BCUT2D eigenvalue weighted by atomic mass is 32.1. The first kappa shape index (κ1) is 22.8. The van der Waals surface area contributed by atoms with Crippen molar-refractivity contribution in [1.82, 2.24) is 4.98 Å². The zero-order chi connectivity index (χ0) is 23.0. The summed E-state index contributed by atoms with van der Waals surface area (Å²) < 4.78 is 16.1. The monoisotopic (exact) mass is 467 g/mol. The molecule has 0 spiro atoms. The van der Waals surface area contributed by atoms with Gasteiger partial charge in [-0.05, 0) is 43.3 Å². The van der Waals surface area contributed by atoms with Crippen LogP contribution in [-0.2, 0) is 20.9 Å². The summed E-state index contributed by atoms with van der Waals surface area (Å²) in [6.45, 7) is 4.98. The van der Waals surface area contributed by atoms with E-state index in [2.05, 4.69) is 15.2 Å². The normalized spacial score (nSPS) is 13.4. The minimum Gasteiger partial charge on any atom is -0.486 e. The number of esters is 1. The molecule has 1 aliphatic rings. The highest BCUT2D eigenvalue weighted by Crippen LogP contribution is 2.19. The van der Waals surface area contributed by atoms with Gasteiger partial charge in [0.1, 0.15) is 17.4 Å². The number of carbonyl (C=O) groups excluding carboxylic acids is 2. The third-order valence-corrected chi connectivity index (χ3v) is 5.83. The van der Waals surface area contributed by atoms with E-state index >= 15 is 0 Å². The predicted octanol–water partition coefficient (Wildman–Crippen LogP) is 3.66. The molecule has 0 atom stereocenters. The van der Waals surface area contributed by atoms with Crippen LogP contribution in [0.2, 0.25) is 0 Å². The number of nitrogens with one attached hydrogen (secondary N) is 1. The third-order valence-electron chi connectivity index (χ3n) is 5.01. The predicted molar refractivity (Wildman–Crippen MR) is 126 cm³/mol. The van der Waals surface area contributed by atoms with Crippen molar-refractivity contribution in [2.24, 2.45) is 0 Å². The maximum atomic E-state index is 12.2. The molecule has 0 bridgehead atoms. The Bertz CT molecular complexity index is 1080. The highest BCUT2D eigenvalue weighted by Gasteiger charge is 2.15. The molecule has 1 saturated heterocycles. The van der Waals surface area contributed by atoms with Crippen molar-refractivity contribution in [3.63, 3.8) is 0 Å². The Labute approximate surface area is 196 Å². The maximum Gasteiger partial charge on any atom is 0.358 e. The Morgan fingerprint density at radius 1 is 1.09 bits per heavy atom. The smallest absolute Gasteiger partial charge is 0.358 e. The van der Waals surface area contributed by atoms with Crippen LogP contribution in [0.5, 0.6) is 5.75 Å². The van der Waals surface area contributed by atoms with Crippen molar-refractivity contribution in [1.29, 1.82) is 0 Å². The lowest BCUT2D eigenvalue weighted by atomic mass is 10.2. The number of aromatic nitrogens is 1. The molecule has 1 aliphatic heterocycles. The van der Waals surface area contributed by atoms with Gasteiger partial charge in [-0.2, -0.15) is 0 Å². The van der Waals surface area contributed by atoms with E-state index < -0.39 is 18.5 Å². The van der Waals surface area contributed by atoms with Gasteiger partial charge in [0.05, 0.1) is 13.2 Å². The number of aryl methyl sites for hydroxylation is 1. The number of hydrogen-bond acceptors (Lipinski definition) is 8. The van der Waals surface area contributed by atoms with Gasteiger partial charge in [-0.15, -0.1) is 11.3 Å². The molecule has 1 fully saturated rings. The van der Waals surface area contributed by atoms with Crippen LogP contribution < -0.4 is 15.0 Å². The van der Waals surface area contributed by atoms with Gasteiger partial charge >= 0.3 is 5.97 Å². The zero-order valence-corrected chi connectivity index (χ0v) is 19.1. The molecule has 0 aliphatic carbocycles. The van der Waals surface area contributed by atoms with Crippen molar-refractivity contribution >= 4 is 34.6 Å². The van der Waals surface area contributed by atoms with Crippen LogP contribution in [0.1, 0.15) is 21.1 Å². The van der Waals surface area contributed by atoms with Gasteiger partial charge in [-0.1, -0.05) is 17.7 Å². The number of nitrogens with zero attached hydrogens (tertiary/aromatic N) is 2. The molecule has 2 heterocycles. The SMILES string of the molecule is Cc1ccc(OCc2nc(C(=O)OCC(=O)Nc3ccc(N4CCOCC4)cc3)cs2)cc1. The third kappa shape index (κ3) is 6.53. The summed E-state index contributed by atoms with van der Waals surface area (Å²) in [4.78, 5) is 30.9. The maximum absolute atomic E-state index is 12.2. The molecule has 1 aromatic heterocycles. The average Bonchev–Trinajstić information content (AvgIpc) is 3.32. The van der Waals surface area contributed by atoms with E-state index in [1.165, 1.54) is 11.3 Å². The molecule has 172 valence electrons. The Morgan fingerprint density at radius 2 is 1.82 bits per heavy atom. The lowest BCUT2D eigenvalue weighted by Gasteiger charge is -2.28. The summed E-state index contributed by atoms with van der Waals surface area (Å²) in [6, 6.07) is 15.2. The van der Waals surface area contributed by atoms with Gasteiger partial charge in [0.25, 0.3) is 5.91 Å². The molecular weight excluding hydrogens is 442 g/mol. The number of amides is 1. The number of thiazole rings is 1. The summed E-state index contributed by atoms with van der Waals surface area (Å²) in [5.41, 5.74) is 3.02. The van der Waals surface area contributed by atoms with Crippen LogP contribution in [0.15, 0.2) is 53.9 Å². The van der Waals surface area contributed by atoms with Crippen LogP contribution in [0.25, 0.3) is 0 Å². The van der Waals surface area contributed by atoms with Crippen LogP contribution in [0, 0.1) is 6.92 Å². The van der Waals surface area contributed by atoms with Crippen molar-refractivity contribution in [3.05, 3.63) is 70.2 Å². The minimum absolute atomic E-state index is 0.158. The first-order valence-electron chi connectivity index (χ1n) is 10.6. The molecule has 4 rings (SSSR count). The van der Waals surface area contributed by atoms with E-state index in [4.69, 9.17) is 14.2 Å². The van der Waals surface area contributed by atoms with Crippen LogP contribution >= 0.6 is 11.3 Å². The van der Waals surface area contributed by atoms with Gasteiger partial charge in [0, 0.05) is 29.8 Å². The summed E-state index contributed by atoms with van der Waals surface area (Å²) >= 11 is 1.30. The Hall–Kier alpha value is -3.43. The molecule has 1 N–H and O–H groups in total. The van der Waals surface area contributed by atoms with E-state index in [9.17, 15) is 9.59 Å². The highest BCUT2D eigenvalue weighted by molar-refractivity contribution is 7.09. The second-order valence-electron chi connectivity index (χ2n) is 7.50. The van der Waals surface area contributed by atoms with E-state index in [1.807, 2.05) is 55.5 Å². The number of hydrogen-bond donors (Lipinski definition) is 1. The Morgan fingerprint density at radius 3 is 2.55 bits per heavy atom. The van der Waals surface area contributed by atoms with Gasteiger partial charge in [0.2, 0.25) is 0 Å². The fourth-order valence-corrected chi connectivity index (χ4v) is 3.90. The molecule has 0 radical (unpaired) electrons. The Kier molecular flexibility index (Phi) is 7.54. The first-order valence-corrected chi connectivity index (χ1v) is 11.5. The van der Waals surface area contributed by atoms with E-state index in [0.717, 1.165) is 30.1 Å². The van der Waals surface area contributed by atoms with Gasteiger partial charge in [-0.3, -0.25) is 4.79 Å². The Balaban J connectivity index is 1.21. The molecule has 0 unspecified atom stereocenters. The largest absolute Gasteiger partial charge is 0.486 e. The van der Waals surface area contributed by atoms with Crippen molar-refractivity contribution in [2.45, 2.75) is 13.5 Å². The summed E-state index contributed by atoms with van der Waals surface area (Å²) in [6.07, 6.45) is 0. The van der Waals surface area contributed by atoms with E-state index in [1.54, 1.807) is 5.38 Å². The number of carbonyl (C=O) groups is 2. The first-order chi connectivity index (χ1) is 16.1. The number of rotatable bonds is 8. The zero-order valence-electron chi connectivity index (χ0n) is 18.3. The van der Waals surface area contributed by atoms with Gasteiger partial charge in [0.15, 0.2) is 12.3 Å². The fraction of sp³-hybridized carbons (Fsp3) is 0.292. The molecule has 0 saturated carbocycles. The summed E-state index contributed by atoms with van der Waals surface area (Å²) in [7, 11) is 0. The molecule has 3 aromatic rings. The van der Waals surface area contributed by atoms with Crippen molar-refractivity contribution in [3.8, 4) is 5.75 Å². The van der Waals surface area contributed by atoms with E-state index in [0.29, 0.717) is 23.9 Å². The van der Waals surface area contributed by atoms with Crippen LogP contribution in [0.4, 0.5) is 11.4 Å². The van der Waals surface area contributed by atoms with Gasteiger partial charge < -0.3 is 24.4 Å². The molecule has 1 amide bonds. The standard InChI is InChI=1S/C24H25N3O5S/c1-17-2-8-20(9-3-17)31-15-23-26-21(16-33-23)24(29)32-14-22(28)25-18-4-6-19(7-5-18)27-10-12-30-13-11-27/h2-9,16H,10-15H2,1H3,(H,25,28). The van der Waals surface area contributed by atoms with Crippen LogP contribution in [-0.4, -0.2) is 49.8 Å². The lowest BCUT2D eigenvalue weighted by Crippen LogP contribution is -2.36. The summed E-state index contributed by atoms with van der Waals surface area (Å²) in [5.74, 6) is -0.333. The lowest BCUT2D eigenvalue weighted by molar-refractivity contribution is -0.119. The number of morpholine rings is 1. The summed E-state index contributed by atoms with van der Waals surface area (Å²) in [5, 5.41) is 4.97. The average molecular weight is 468 g/mol. The quantitative estimate of drug-likeness (QED) is 0.506. The second kappa shape index (κ2) is 10.9. The molecule has 8 nitrogen and oxygen atoms in total. The van der Waals surface area contributed by atoms with Crippen molar-refractivity contribution in [2.75, 3.05) is 43.1 Å². The molecule has 9 heteroatoms. The van der Waals surface area contributed by atoms with Crippen molar-refractivity contribution < 1.29 is 23.8 Å². The number of benzene rings is 2. The topological polar surface area (TPSA) is 90.0 Å². The van der Waals surface area contributed by atoms with E-state index in [-0.39, 0.29) is 12.3 Å². The number of ether oxygens (including phenoxy) is 3. The molecule has 33 heavy (non-hydrogen) atoms. The molecular formula is C24H25N3O5S. The van der Waals surface area contributed by atoms with Crippen LogP contribution in [0.3, 0.4) is 0 Å². The molecule has 2 aromatic carbocycles. The number of anilines is 2. The minimum atomic E-state index is -0.648. The second-order valence-corrected chi connectivity index (χ2v) is 8.44. The van der Waals surface area contributed by atoms with Gasteiger partial charge in [-0.25, -0.2) is 9.78 Å².